The van der Waals surface area contributed by atoms with Crippen LogP contribution in [-0.4, -0.2) is 31.6 Å². The number of fused-ring (bicyclic) bond motifs is 1. The monoisotopic (exact) mass is 359 g/mol. The van der Waals surface area contributed by atoms with Crippen LogP contribution < -0.4 is 9.62 Å². The number of hydrogen-bond donors (Lipinski definition) is 1. The van der Waals surface area contributed by atoms with Gasteiger partial charge in [-0.05, 0) is 55.7 Å². The lowest BCUT2D eigenvalue weighted by molar-refractivity contribution is 0.0939. The summed E-state index contributed by atoms with van der Waals surface area (Å²) in [7, 11) is -3.33. The molecule has 132 valence electrons. The van der Waals surface area contributed by atoms with E-state index in [0.29, 0.717) is 17.7 Å². The molecular formula is C18H21N3O3S. The summed E-state index contributed by atoms with van der Waals surface area (Å²) in [6.07, 6.45) is 5.21. The van der Waals surface area contributed by atoms with Crippen molar-refractivity contribution in [1.29, 1.82) is 0 Å². The molecule has 2 unspecified atom stereocenters. The summed E-state index contributed by atoms with van der Waals surface area (Å²) >= 11 is 0. The van der Waals surface area contributed by atoms with Crippen molar-refractivity contribution in [2.75, 3.05) is 10.6 Å². The fraction of sp³-hybridized carbons (Fsp3) is 0.333. The Balaban J connectivity index is 1.81. The zero-order valence-corrected chi connectivity index (χ0v) is 15.2. The van der Waals surface area contributed by atoms with Gasteiger partial charge >= 0.3 is 0 Å². The Morgan fingerprint density at radius 3 is 2.76 bits per heavy atom. The molecular weight excluding hydrogens is 338 g/mol. The molecule has 1 aromatic heterocycles. The fourth-order valence-corrected chi connectivity index (χ4v) is 4.51. The van der Waals surface area contributed by atoms with E-state index in [4.69, 9.17) is 0 Å². The topological polar surface area (TPSA) is 79.4 Å². The van der Waals surface area contributed by atoms with Gasteiger partial charge in [0, 0.05) is 24.0 Å². The molecule has 1 N–H and O–H groups in total. The van der Waals surface area contributed by atoms with Gasteiger partial charge in [-0.1, -0.05) is 6.07 Å². The van der Waals surface area contributed by atoms with Crippen LogP contribution >= 0.6 is 0 Å². The first-order valence-electron chi connectivity index (χ1n) is 8.10. The predicted octanol–water partition coefficient (Wildman–Crippen LogP) is 2.28. The molecule has 6 nitrogen and oxygen atoms in total. The second kappa shape index (κ2) is 6.48. The second-order valence-corrected chi connectivity index (χ2v) is 8.30. The lowest BCUT2D eigenvalue weighted by Crippen LogP contribution is -2.34. The average Bonchev–Trinajstić information content (AvgIpc) is 2.90. The lowest BCUT2D eigenvalue weighted by atomic mass is 10.1. The summed E-state index contributed by atoms with van der Waals surface area (Å²) in [5.74, 6) is -0.190. The van der Waals surface area contributed by atoms with Crippen LogP contribution in [0.1, 0.15) is 41.4 Å². The molecule has 0 fully saturated rings. The first-order chi connectivity index (χ1) is 11.8. The molecule has 2 heterocycles. The highest BCUT2D eigenvalue weighted by atomic mass is 32.2. The van der Waals surface area contributed by atoms with Crippen LogP contribution in [0.25, 0.3) is 0 Å². The van der Waals surface area contributed by atoms with Crippen LogP contribution in [0.5, 0.6) is 0 Å². The zero-order chi connectivity index (χ0) is 18.2. The number of sulfonamides is 1. The number of aromatic nitrogens is 1. The number of pyridine rings is 1. The third-order valence-corrected chi connectivity index (χ3v) is 5.66. The normalized spacial score (nSPS) is 17.9. The molecule has 0 bridgehead atoms. The van der Waals surface area contributed by atoms with Crippen molar-refractivity contribution in [2.45, 2.75) is 32.4 Å². The molecule has 2 aromatic rings. The SMILES string of the molecule is CC(NC(=O)c1ccc2c(c1)CC(C)N2S(C)(=O)=O)c1cccnc1. The standard InChI is InChI=1S/C18H21N3O3S/c1-12-9-16-10-14(6-7-17(16)21(12)25(3,23)24)18(22)20-13(2)15-5-4-8-19-11-15/h4-8,10-13H,9H2,1-3H3,(H,20,22). The lowest BCUT2D eigenvalue weighted by Gasteiger charge is -2.22. The van der Waals surface area contributed by atoms with E-state index in [-0.39, 0.29) is 18.0 Å². The molecule has 0 radical (unpaired) electrons. The molecule has 0 saturated carbocycles. The Kier molecular flexibility index (Phi) is 4.51. The molecule has 1 aliphatic rings. The predicted molar refractivity (Wildman–Crippen MR) is 97.0 cm³/mol. The maximum atomic E-state index is 12.5. The number of nitrogens with zero attached hydrogens (tertiary/aromatic N) is 2. The van der Waals surface area contributed by atoms with Gasteiger partial charge in [0.2, 0.25) is 10.0 Å². The second-order valence-electron chi connectivity index (χ2n) is 6.44. The van der Waals surface area contributed by atoms with Crippen molar-refractivity contribution in [3.8, 4) is 0 Å². The summed E-state index contributed by atoms with van der Waals surface area (Å²) in [6.45, 7) is 3.76. The molecule has 0 aliphatic carbocycles. The van der Waals surface area contributed by atoms with E-state index in [1.165, 1.54) is 10.6 Å². The van der Waals surface area contributed by atoms with Crippen molar-refractivity contribution in [3.63, 3.8) is 0 Å². The molecule has 0 spiro atoms. The van der Waals surface area contributed by atoms with Gasteiger partial charge in [0.1, 0.15) is 0 Å². The Morgan fingerprint density at radius 2 is 2.12 bits per heavy atom. The van der Waals surface area contributed by atoms with Crippen molar-refractivity contribution in [1.82, 2.24) is 10.3 Å². The van der Waals surface area contributed by atoms with Gasteiger partial charge in [-0.3, -0.25) is 14.1 Å². The van der Waals surface area contributed by atoms with Crippen molar-refractivity contribution >= 4 is 21.6 Å². The number of carbonyl (C=O) groups excluding carboxylic acids is 1. The summed E-state index contributed by atoms with van der Waals surface area (Å²) in [4.78, 5) is 16.6. The average molecular weight is 359 g/mol. The van der Waals surface area contributed by atoms with Gasteiger partial charge in [0.25, 0.3) is 5.91 Å². The summed E-state index contributed by atoms with van der Waals surface area (Å²) < 4.78 is 25.4. The number of amides is 1. The van der Waals surface area contributed by atoms with Gasteiger partial charge in [0.15, 0.2) is 0 Å². The van der Waals surface area contributed by atoms with E-state index in [0.717, 1.165) is 11.1 Å². The van der Waals surface area contributed by atoms with Gasteiger partial charge in [-0.2, -0.15) is 0 Å². The van der Waals surface area contributed by atoms with Crippen LogP contribution in [0.3, 0.4) is 0 Å². The van der Waals surface area contributed by atoms with Crippen LogP contribution in [0.15, 0.2) is 42.7 Å². The zero-order valence-electron chi connectivity index (χ0n) is 14.4. The number of carbonyl (C=O) groups is 1. The van der Waals surface area contributed by atoms with Gasteiger partial charge in [-0.25, -0.2) is 8.42 Å². The molecule has 1 amide bonds. The van der Waals surface area contributed by atoms with E-state index < -0.39 is 10.0 Å². The molecule has 7 heteroatoms. The molecule has 3 rings (SSSR count). The highest BCUT2D eigenvalue weighted by molar-refractivity contribution is 7.92. The first kappa shape index (κ1) is 17.4. The highest BCUT2D eigenvalue weighted by Gasteiger charge is 2.32. The molecule has 2 atom stereocenters. The van der Waals surface area contributed by atoms with E-state index in [1.54, 1.807) is 30.6 Å². The fourth-order valence-electron chi connectivity index (χ4n) is 3.24. The summed E-state index contributed by atoms with van der Waals surface area (Å²) in [5, 5.41) is 2.95. The summed E-state index contributed by atoms with van der Waals surface area (Å²) in [6, 6.07) is 8.59. The first-order valence-corrected chi connectivity index (χ1v) is 9.95. The minimum atomic E-state index is -3.33. The third kappa shape index (κ3) is 3.51. The maximum Gasteiger partial charge on any atom is 0.251 e. The minimum Gasteiger partial charge on any atom is -0.345 e. The van der Waals surface area contributed by atoms with E-state index in [1.807, 2.05) is 26.0 Å². The summed E-state index contributed by atoms with van der Waals surface area (Å²) in [5.41, 5.74) is 2.98. The van der Waals surface area contributed by atoms with Crippen LogP contribution in [0.4, 0.5) is 5.69 Å². The number of nitrogens with one attached hydrogen (secondary N) is 1. The molecule has 0 saturated heterocycles. The van der Waals surface area contributed by atoms with Crippen LogP contribution in [0.2, 0.25) is 0 Å². The quantitative estimate of drug-likeness (QED) is 0.908. The number of benzene rings is 1. The van der Waals surface area contributed by atoms with Gasteiger partial charge in [0.05, 0.1) is 18.0 Å². The van der Waals surface area contributed by atoms with E-state index in [9.17, 15) is 13.2 Å². The van der Waals surface area contributed by atoms with Gasteiger partial charge in [-0.15, -0.1) is 0 Å². The Morgan fingerprint density at radius 1 is 1.36 bits per heavy atom. The number of rotatable bonds is 4. The Bertz CT molecular complexity index is 897. The molecule has 25 heavy (non-hydrogen) atoms. The van der Waals surface area contributed by atoms with Crippen LogP contribution in [0, 0.1) is 0 Å². The highest BCUT2D eigenvalue weighted by Crippen LogP contribution is 2.34. The van der Waals surface area contributed by atoms with Crippen molar-refractivity contribution in [2.24, 2.45) is 0 Å². The largest absolute Gasteiger partial charge is 0.345 e. The van der Waals surface area contributed by atoms with Crippen molar-refractivity contribution in [3.05, 3.63) is 59.4 Å². The number of anilines is 1. The maximum absolute atomic E-state index is 12.5. The number of hydrogen-bond acceptors (Lipinski definition) is 4. The van der Waals surface area contributed by atoms with Gasteiger partial charge < -0.3 is 5.32 Å². The Hall–Kier alpha value is -2.41. The minimum absolute atomic E-state index is 0.141. The van der Waals surface area contributed by atoms with Crippen molar-refractivity contribution < 1.29 is 13.2 Å². The smallest absolute Gasteiger partial charge is 0.251 e. The van der Waals surface area contributed by atoms with Crippen LogP contribution in [-0.2, 0) is 16.4 Å². The van der Waals surface area contributed by atoms with E-state index >= 15 is 0 Å². The third-order valence-electron chi connectivity index (χ3n) is 4.38. The van der Waals surface area contributed by atoms with E-state index in [2.05, 4.69) is 10.3 Å². The Labute approximate surface area is 147 Å². The molecule has 1 aromatic carbocycles. The molecule has 1 aliphatic heterocycles.